The van der Waals surface area contributed by atoms with Crippen LogP contribution in [0.15, 0.2) is 30.3 Å². The Labute approximate surface area is 77.0 Å². The molecule has 1 aliphatic rings. The van der Waals surface area contributed by atoms with E-state index in [2.05, 4.69) is 4.99 Å². The predicted octanol–water partition coefficient (Wildman–Crippen LogP) is -0.483. The highest BCUT2D eigenvalue weighted by Gasteiger charge is 2.26. The maximum atomic E-state index is 5.42. The molecule has 1 unspecified atom stereocenters. The fourth-order valence-corrected chi connectivity index (χ4v) is 1.27. The van der Waals surface area contributed by atoms with E-state index in [4.69, 9.17) is 9.47 Å². The van der Waals surface area contributed by atoms with E-state index in [-0.39, 0.29) is 6.23 Å². The van der Waals surface area contributed by atoms with Crippen LogP contribution in [0.25, 0.3) is 0 Å². The molecule has 1 heterocycles. The Morgan fingerprint density at radius 2 is 2.15 bits per heavy atom. The first-order valence-corrected chi connectivity index (χ1v) is 4.24. The Bertz CT molecular complexity index is 308. The summed E-state index contributed by atoms with van der Waals surface area (Å²) in [5.41, 5.74) is 1.06. The number of hydrogen-bond donors (Lipinski definition) is 1. The summed E-state index contributed by atoms with van der Waals surface area (Å²) >= 11 is 0. The van der Waals surface area contributed by atoms with E-state index in [0.29, 0.717) is 6.61 Å². The van der Waals surface area contributed by atoms with Gasteiger partial charge in [0.05, 0.1) is 5.56 Å². The summed E-state index contributed by atoms with van der Waals surface area (Å²) in [6.45, 7) is 0.570. The molecule has 0 aliphatic carbocycles. The Kier molecular flexibility index (Phi) is 2.27. The molecule has 0 aromatic heterocycles. The van der Waals surface area contributed by atoms with Crippen LogP contribution in [0.5, 0.6) is 0 Å². The van der Waals surface area contributed by atoms with Gasteiger partial charge in [-0.15, -0.1) is 0 Å². The molecule has 0 spiro atoms. The highest BCUT2D eigenvalue weighted by Crippen LogP contribution is 2.01. The van der Waals surface area contributed by atoms with Gasteiger partial charge in [0, 0.05) is 7.11 Å². The second kappa shape index (κ2) is 3.58. The number of rotatable bonds is 2. The largest absolute Gasteiger partial charge is 0.434 e. The van der Waals surface area contributed by atoms with Crippen molar-refractivity contribution in [2.75, 3.05) is 13.7 Å². The molecule has 1 aliphatic heterocycles. The van der Waals surface area contributed by atoms with Gasteiger partial charge in [-0.05, 0) is 12.1 Å². The Morgan fingerprint density at radius 1 is 1.38 bits per heavy atom. The van der Waals surface area contributed by atoms with Gasteiger partial charge in [0.1, 0.15) is 0 Å². The van der Waals surface area contributed by atoms with E-state index < -0.39 is 0 Å². The van der Waals surface area contributed by atoms with E-state index in [1.54, 1.807) is 7.11 Å². The Morgan fingerprint density at radius 3 is 2.77 bits per heavy atom. The SMILES string of the molecule is COC1COC(c2ccccc2)=[NH+]1. The van der Waals surface area contributed by atoms with Gasteiger partial charge in [-0.2, -0.15) is 4.99 Å². The minimum Gasteiger partial charge on any atom is -0.434 e. The average Bonchev–Trinajstić information content (AvgIpc) is 2.67. The second-order valence-corrected chi connectivity index (χ2v) is 2.87. The maximum absolute atomic E-state index is 5.42. The van der Waals surface area contributed by atoms with Gasteiger partial charge in [-0.25, -0.2) is 0 Å². The number of ether oxygens (including phenoxy) is 2. The van der Waals surface area contributed by atoms with Crippen molar-refractivity contribution in [2.24, 2.45) is 0 Å². The third-order valence-electron chi connectivity index (χ3n) is 1.99. The van der Waals surface area contributed by atoms with Crippen molar-refractivity contribution < 1.29 is 14.5 Å². The van der Waals surface area contributed by atoms with Gasteiger partial charge < -0.3 is 9.47 Å². The van der Waals surface area contributed by atoms with Gasteiger partial charge in [-0.1, -0.05) is 18.2 Å². The molecule has 0 saturated heterocycles. The van der Waals surface area contributed by atoms with Crippen molar-refractivity contribution in [3.05, 3.63) is 35.9 Å². The molecule has 0 saturated carbocycles. The van der Waals surface area contributed by atoms with Crippen LogP contribution >= 0.6 is 0 Å². The van der Waals surface area contributed by atoms with E-state index in [9.17, 15) is 0 Å². The molecule has 68 valence electrons. The lowest BCUT2D eigenvalue weighted by atomic mass is 10.2. The van der Waals surface area contributed by atoms with Crippen molar-refractivity contribution in [2.45, 2.75) is 6.23 Å². The summed E-state index contributed by atoms with van der Waals surface area (Å²) in [6.07, 6.45) is -0.0183. The van der Waals surface area contributed by atoms with E-state index in [1.807, 2.05) is 30.3 Å². The monoisotopic (exact) mass is 178 g/mol. The lowest BCUT2D eigenvalue weighted by molar-refractivity contribution is -0.545. The third-order valence-corrected chi connectivity index (χ3v) is 1.99. The van der Waals surface area contributed by atoms with Crippen molar-refractivity contribution in [3.8, 4) is 0 Å². The fraction of sp³-hybridized carbons (Fsp3) is 0.300. The zero-order valence-corrected chi connectivity index (χ0v) is 7.49. The van der Waals surface area contributed by atoms with Gasteiger partial charge >= 0.3 is 5.90 Å². The van der Waals surface area contributed by atoms with Crippen LogP contribution in [0.2, 0.25) is 0 Å². The Hall–Kier alpha value is -1.35. The first-order valence-electron chi connectivity index (χ1n) is 4.24. The van der Waals surface area contributed by atoms with Crippen molar-refractivity contribution in [1.29, 1.82) is 0 Å². The maximum Gasteiger partial charge on any atom is 0.370 e. The van der Waals surface area contributed by atoms with Gasteiger partial charge in [0.15, 0.2) is 6.61 Å². The lowest BCUT2D eigenvalue weighted by Gasteiger charge is -1.93. The van der Waals surface area contributed by atoms with E-state index >= 15 is 0 Å². The van der Waals surface area contributed by atoms with Crippen molar-refractivity contribution >= 4 is 5.90 Å². The normalized spacial score (nSPS) is 21.0. The molecule has 1 aromatic carbocycles. The van der Waals surface area contributed by atoms with Gasteiger partial charge in [0.2, 0.25) is 0 Å². The summed E-state index contributed by atoms with van der Waals surface area (Å²) in [5.74, 6) is 0.799. The number of hydrogen-bond acceptors (Lipinski definition) is 2. The summed E-state index contributed by atoms with van der Waals surface area (Å²) < 4.78 is 10.5. The predicted molar refractivity (Wildman–Crippen MR) is 48.3 cm³/mol. The minimum atomic E-state index is -0.0183. The number of nitrogens with one attached hydrogen (secondary N) is 1. The Balaban J connectivity index is 2.19. The summed E-state index contributed by atoms with van der Waals surface area (Å²) in [5, 5.41) is 0. The lowest BCUT2D eigenvalue weighted by Crippen LogP contribution is -2.77. The molecule has 0 amide bonds. The smallest absolute Gasteiger partial charge is 0.370 e. The van der Waals surface area contributed by atoms with Crippen molar-refractivity contribution in [3.63, 3.8) is 0 Å². The molecular weight excluding hydrogens is 166 g/mol. The molecule has 13 heavy (non-hydrogen) atoms. The summed E-state index contributed by atoms with van der Waals surface area (Å²) in [7, 11) is 1.66. The summed E-state index contributed by atoms with van der Waals surface area (Å²) in [4.78, 5) is 3.13. The van der Waals surface area contributed by atoms with Gasteiger partial charge in [-0.3, -0.25) is 0 Å². The molecule has 1 aromatic rings. The highest BCUT2D eigenvalue weighted by molar-refractivity contribution is 5.89. The van der Waals surface area contributed by atoms with Crippen LogP contribution in [0.1, 0.15) is 5.56 Å². The van der Waals surface area contributed by atoms with Crippen LogP contribution in [0.3, 0.4) is 0 Å². The molecule has 1 N–H and O–H groups in total. The molecule has 3 nitrogen and oxygen atoms in total. The molecule has 2 rings (SSSR count). The zero-order valence-electron chi connectivity index (χ0n) is 7.49. The van der Waals surface area contributed by atoms with Crippen LogP contribution in [-0.4, -0.2) is 25.8 Å². The van der Waals surface area contributed by atoms with Crippen LogP contribution in [0.4, 0.5) is 0 Å². The van der Waals surface area contributed by atoms with Gasteiger partial charge in [0.25, 0.3) is 6.23 Å². The molecule has 3 heteroatoms. The zero-order chi connectivity index (χ0) is 9.10. The highest BCUT2D eigenvalue weighted by atomic mass is 16.6. The molecule has 0 bridgehead atoms. The topological polar surface area (TPSA) is 32.4 Å². The first-order chi connectivity index (χ1) is 6.40. The molecule has 0 fully saturated rings. The quantitative estimate of drug-likeness (QED) is 0.663. The van der Waals surface area contributed by atoms with E-state index in [1.165, 1.54) is 0 Å². The van der Waals surface area contributed by atoms with Crippen LogP contribution in [-0.2, 0) is 9.47 Å². The number of benzene rings is 1. The molecule has 0 radical (unpaired) electrons. The second-order valence-electron chi connectivity index (χ2n) is 2.87. The molecule has 1 atom stereocenters. The van der Waals surface area contributed by atoms with Crippen LogP contribution in [0, 0.1) is 0 Å². The first kappa shape index (κ1) is 8.26. The standard InChI is InChI=1S/C10H11NO2/c1-12-9-7-13-10(11-9)8-5-3-2-4-6-8/h2-6,9H,7H2,1H3/p+1. The summed E-state index contributed by atoms with van der Waals surface area (Å²) in [6, 6.07) is 9.94. The third kappa shape index (κ3) is 1.70. The number of methoxy groups -OCH3 is 1. The fourth-order valence-electron chi connectivity index (χ4n) is 1.27. The average molecular weight is 178 g/mol. The van der Waals surface area contributed by atoms with E-state index in [0.717, 1.165) is 11.5 Å². The minimum absolute atomic E-state index is 0.0183. The molecular formula is C10H12NO2+. The van der Waals surface area contributed by atoms with Crippen molar-refractivity contribution in [1.82, 2.24) is 0 Å². The van der Waals surface area contributed by atoms with Crippen LogP contribution < -0.4 is 4.99 Å².